The molecular formula is C16H19F2N3O3. The molecule has 0 aliphatic carbocycles. The molecule has 1 aliphatic heterocycles. The summed E-state index contributed by atoms with van der Waals surface area (Å²) >= 11 is 0. The maximum atomic E-state index is 13.5. The summed E-state index contributed by atoms with van der Waals surface area (Å²) in [6, 6.07) is 2.24. The minimum atomic E-state index is -1.55. The molecule has 4 amide bonds. The Balaban J connectivity index is 2.27. The Labute approximate surface area is 138 Å². The van der Waals surface area contributed by atoms with Crippen LogP contribution in [0.1, 0.15) is 26.3 Å². The van der Waals surface area contributed by atoms with Gasteiger partial charge in [-0.05, 0) is 38.5 Å². The molecule has 130 valence electrons. The molecule has 1 fully saturated rings. The van der Waals surface area contributed by atoms with Gasteiger partial charge in [0.05, 0.1) is 0 Å². The maximum Gasteiger partial charge on any atom is 0.325 e. The zero-order valence-electron chi connectivity index (χ0n) is 13.7. The molecule has 1 aromatic carbocycles. The van der Waals surface area contributed by atoms with Gasteiger partial charge in [0, 0.05) is 13.1 Å². The Morgan fingerprint density at radius 1 is 1.21 bits per heavy atom. The monoisotopic (exact) mass is 339 g/mol. The van der Waals surface area contributed by atoms with E-state index in [1.54, 1.807) is 13.8 Å². The van der Waals surface area contributed by atoms with Crippen LogP contribution in [-0.2, 0) is 15.1 Å². The number of carbonyl (C=O) groups excluding carboxylic acids is 3. The van der Waals surface area contributed by atoms with E-state index in [0.717, 1.165) is 17.0 Å². The van der Waals surface area contributed by atoms with Gasteiger partial charge in [-0.3, -0.25) is 14.5 Å². The second kappa shape index (κ2) is 6.54. The summed E-state index contributed by atoms with van der Waals surface area (Å²) in [5.41, 5.74) is -1.44. The fourth-order valence-electron chi connectivity index (χ4n) is 2.65. The van der Waals surface area contributed by atoms with Crippen molar-refractivity contribution in [2.45, 2.75) is 26.3 Å². The highest BCUT2D eigenvalue weighted by Gasteiger charge is 2.49. The summed E-state index contributed by atoms with van der Waals surface area (Å²) in [4.78, 5) is 39.2. The minimum absolute atomic E-state index is 0.109. The number of rotatable bonds is 5. The normalized spacial score (nSPS) is 20.3. The molecule has 1 saturated heterocycles. The highest BCUT2D eigenvalue weighted by molar-refractivity contribution is 6.09. The minimum Gasteiger partial charge on any atom is -0.342 e. The van der Waals surface area contributed by atoms with Crippen LogP contribution >= 0.6 is 0 Å². The summed E-state index contributed by atoms with van der Waals surface area (Å²) in [5, 5.41) is 2.45. The number of likely N-dealkylation sites (N-methyl/N-ethyl adjacent to an activating group) is 1. The van der Waals surface area contributed by atoms with E-state index < -0.39 is 35.7 Å². The third kappa shape index (κ3) is 2.95. The highest BCUT2D eigenvalue weighted by atomic mass is 19.2. The molecule has 0 radical (unpaired) electrons. The van der Waals surface area contributed by atoms with Gasteiger partial charge in [0.15, 0.2) is 11.6 Å². The van der Waals surface area contributed by atoms with Crippen LogP contribution in [0.15, 0.2) is 18.2 Å². The molecule has 1 aliphatic rings. The third-order valence-electron chi connectivity index (χ3n) is 4.18. The topological polar surface area (TPSA) is 69.7 Å². The smallest absolute Gasteiger partial charge is 0.325 e. The Hall–Kier alpha value is -2.51. The van der Waals surface area contributed by atoms with Crippen LogP contribution in [-0.4, -0.2) is 47.3 Å². The lowest BCUT2D eigenvalue weighted by atomic mass is 9.92. The Bertz CT molecular complexity index is 691. The van der Waals surface area contributed by atoms with Crippen LogP contribution < -0.4 is 5.32 Å². The number of halogens is 2. The Morgan fingerprint density at radius 2 is 1.83 bits per heavy atom. The van der Waals surface area contributed by atoms with Crippen molar-refractivity contribution in [1.29, 1.82) is 0 Å². The molecular weight excluding hydrogens is 320 g/mol. The van der Waals surface area contributed by atoms with E-state index in [1.165, 1.54) is 17.9 Å². The molecule has 0 aromatic heterocycles. The number of amides is 4. The molecule has 0 saturated carbocycles. The third-order valence-corrected chi connectivity index (χ3v) is 4.18. The Kier molecular flexibility index (Phi) is 4.86. The van der Waals surface area contributed by atoms with Crippen molar-refractivity contribution >= 4 is 17.8 Å². The van der Waals surface area contributed by atoms with Gasteiger partial charge in [0.1, 0.15) is 12.1 Å². The van der Waals surface area contributed by atoms with Gasteiger partial charge in [-0.25, -0.2) is 13.6 Å². The summed E-state index contributed by atoms with van der Waals surface area (Å²) in [5.74, 6) is -3.21. The van der Waals surface area contributed by atoms with Crippen molar-refractivity contribution in [3.8, 4) is 0 Å². The first-order valence-corrected chi connectivity index (χ1v) is 7.62. The fourth-order valence-corrected chi connectivity index (χ4v) is 2.65. The average Bonchev–Trinajstić information content (AvgIpc) is 2.75. The molecule has 8 heteroatoms. The standard InChI is InChI=1S/C16H19F2N3O3/c1-4-20(5-2)13(22)9-21-14(23)16(3,19-15(21)24)10-6-7-11(17)12(18)8-10/h6-8H,4-5,9H2,1-3H3,(H,19,24)/t16-/m1/s1. The van der Waals surface area contributed by atoms with E-state index in [4.69, 9.17) is 0 Å². The van der Waals surface area contributed by atoms with Crippen LogP contribution in [0.25, 0.3) is 0 Å². The lowest BCUT2D eigenvalue weighted by Gasteiger charge is -2.24. The number of nitrogens with one attached hydrogen (secondary N) is 1. The predicted molar refractivity (Wildman–Crippen MR) is 81.9 cm³/mol. The zero-order chi connectivity index (χ0) is 18.1. The van der Waals surface area contributed by atoms with Crippen molar-refractivity contribution in [1.82, 2.24) is 15.1 Å². The summed E-state index contributed by atoms with van der Waals surface area (Å²) in [7, 11) is 0. The van der Waals surface area contributed by atoms with E-state index in [2.05, 4.69) is 5.32 Å². The van der Waals surface area contributed by atoms with E-state index in [-0.39, 0.29) is 11.5 Å². The van der Waals surface area contributed by atoms with Crippen molar-refractivity contribution < 1.29 is 23.2 Å². The van der Waals surface area contributed by atoms with Crippen molar-refractivity contribution in [3.63, 3.8) is 0 Å². The molecule has 1 heterocycles. The lowest BCUT2D eigenvalue weighted by Crippen LogP contribution is -2.44. The molecule has 2 rings (SSSR count). The summed E-state index contributed by atoms with van der Waals surface area (Å²) in [6.45, 7) is 5.49. The van der Waals surface area contributed by atoms with Gasteiger partial charge in [-0.15, -0.1) is 0 Å². The van der Waals surface area contributed by atoms with E-state index in [1.807, 2.05) is 0 Å². The van der Waals surface area contributed by atoms with Crippen molar-refractivity contribution in [2.24, 2.45) is 0 Å². The number of urea groups is 1. The van der Waals surface area contributed by atoms with Crippen LogP contribution in [0.2, 0.25) is 0 Å². The van der Waals surface area contributed by atoms with Crippen molar-refractivity contribution in [2.75, 3.05) is 19.6 Å². The van der Waals surface area contributed by atoms with Gasteiger partial charge >= 0.3 is 6.03 Å². The molecule has 1 aromatic rings. The van der Waals surface area contributed by atoms with Crippen LogP contribution in [0.5, 0.6) is 0 Å². The van der Waals surface area contributed by atoms with Gasteiger partial charge in [0.2, 0.25) is 5.91 Å². The molecule has 1 atom stereocenters. The fraction of sp³-hybridized carbons (Fsp3) is 0.438. The second-order valence-electron chi connectivity index (χ2n) is 5.64. The van der Waals surface area contributed by atoms with Crippen LogP contribution in [0.4, 0.5) is 13.6 Å². The Morgan fingerprint density at radius 3 is 2.38 bits per heavy atom. The highest BCUT2D eigenvalue weighted by Crippen LogP contribution is 2.29. The van der Waals surface area contributed by atoms with Crippen LogP contribution in [0, 0.1) is 11.6 Å². The quantitative estimate of drug-likeness (QED) is 0.829. The number of benzene rings is 1. The number of hydrogen-bond donors (Lipinski definition) is 1. The van der Waals surface area contributed by atoms with Crippen LogP contribution in [0.3, 0.4) is 0 Å². The molecule has 0 unspecified atom stereocenters. The first kappa shape index (κ1) is 17.8. The summed E-state index contributed by atoms with van der Waals surface area (Å²) in [6.07, 6.45) is 0. The average molecular weight is 339 g/mol. The molecule has 6 nitrogen and oxygen atoms in total. The second-order valence-corrected chi connectivity index (χ2v) is 5.64. The number of hydrogen-bond acceptors (Lipinski definition) is 3. The van der Waals surface area contributed by atoms with Gasteiger partial charge < -0.3 is 10.2 Å². The van der Waals surface area contributed by atoms with Gasteiger partial charge in [-0.1, -0.05) is 6.07 Å². The first-order chi connectivity index (χ1) is 11.2. The first-order valence-electron chi connectivity index (χ1n) is 7.62. The molecule has 1 N–H and O–H groups in total. The largest absolute Gasteiger partial charge is 0.342 e. The maximum absolute atomic E-state index is 13.5. The van der Waals surface area contributed by atoms with E-state index in [9.17, 15) is 23.2 Å². The lowest BCUT2D eigenvalue weighted by molar-refractivity contribution is -0.138. The molecule has 24 heavy (non-hydrogen) atoms. The number of carbonyl (C=O) groups is 3. The zero-order valence-corrected chi connectivity index (χ0v) is 13.7. The van der Waals surface area contributed by atoms with Crippen molar-refractivity contribution in [3.05, 3.63) is 35.4 Å². The SMILES string of the molecule is CCN(CC)C(=O)CN1C(=O)N[C@](C)(c2ccc(F)c(F)c2)C1=O. The van der Waals surface area contributed by atoms with E-state index >= 15 is 0 Å². The van der Waals surface area contributed by atoms with E-state index in [0.29, 0.717) is 13.1 Å². The van der Waals surface area contributed by atoms with Gasteiger partial charge in [-0.2, -0.15) is 0 Å². The number of nitrogens with zero attached hydrogens (tertiary/aromatic N) is 2. The van der Waals surface area contributed by atoms with Gasteiger partial charge in [0.25, 0.3) is 5.91 Å². The predicted octanol–water partition coefficient (Wildman–Crippen LogP) is 1.60. The molecule has 0 bridgehead atoms. The number of imide groups is 1. The molecule has 0 spiro atoms. The summed E-state index contributed by atoms with van der Waals surface area (Å²) < 4.78 is 26.6.